The van der Waals surface area contributed by atoms with Gasteiger partial charge in [-0.3, -0.25) is 4.79 Å². The number of hydrogen-bond acceptors (Lipinski definition) is 3. The van der Waals surface area contributed by atoms with Gasteiger partial charge in [0.25, 0.3) is 0 Å². The van der Waals surface area contributed by atoms with E-state index in [9.17, 15) is 4.79 Å². The molecular formula is C14H18N2OS. The van der Waals surface area contributed by atoms with Crippen LogP contribution in [0.2, 0.25) is 0 Å². The molecule has 1 amide bonds. The average Bonchev–Trinajstić information content (AvgIpc) is 2.45. The monoisotopic (exact) mass is 262 g/mol. The first-order chi connectivity index (χ1) is 8.84. The van der Waals surface area contributed by atoms with Crippen molar-refractivity contribution in [3.05, 3.63) is 42.0 Å². The largest absolute Gasteiger partial charge is 0.352 e. The van der Waals surface area contributed by atoms with E-state index in [-0.39, 0.29) is 5.91 Å². The first kappa shape index (κ1) is 13.2. The fourth-order valence-electron chi connectivity index (χ4n) is 1.76. The van der Waals surface area contributed by atoms with Crippen molar-refractivity contribution < 1.29 is 4.79 Å². The van der Waals surface area contributed by atoms with Gasteiger partial charge in [-0.15, -0.1) is 11.8 Å². The van der Waals surface area contributed by atoms with Crippen LogP contribution in [0.4, 0.5) is 0 Å². The predicted molar refractivity (Wildman–Crippen MR) is 75.7 cm³/mol. The highest BCUT2D eigenvalue weighted by molar-refractivity contribution is 8.00. The summed E-state index contributed by atoms with van der Waals surface area (Å²) in [4.78, 5) is 12.8. The van der Waals surface area contributed by atoms with Crippen LogP contribution in [0, 0.1) is 0 Å². The predicted octanol–water partition coefficient (Wildman–Crippen LogP) is 1.81. The lowest BCUT2D eigenvalue weighted by Gasteiger charge is -2.14. The summed E-state index contributed by atoms with van der Waals surface area (Å²) in [6.45, 7) is 2.63. The summed E-state index contributed by atoms with van der Waals surface area (Å²) in [5.41, 5.74) is 1.33. The molecule has 1 aromatic carbocycles. The summed E-state index contributed by atoms with van der Waals surface area (Å²) in [6, 6.07) is 9.99. The minimum absolute atomic E-state index is 0.100. The van der Waals surface area contributed by atoms with E-state index in [1.807, 2.05) is 30.3 Å². The van der Waals surface area contributed by atoms with Crippen molar-refractivity contribution in [3.8, 4) is 0 Å². The van der Waals surface area contributed by atoms with E-state index in [1.54, 1.807) is 11.8 Å². The Balaban J connectivity index is 1.67. The number of nitrogens with one attached hydrogen (secondary N) is 2. The molecule has 0 bridgehead atoms. The lowest BCUT2D eigenvalue weighted by molar-refractivity contribution is -0.118. The normalized spacial score (nSPS) is 15.0. The lowest BCUT2D eigenvalue weighted by atomic mass is 10.1. The van der Waals surface area contributed by atoms with Crippen LogP contribution in [0.25, 0.3) is 0 Å². The van der Waals surface area contributed by atoms with Gasteiger partial charge in [0.2, 0.25) is 5.91 Å². The molecule has 1 aromatic rings. The molecule has 0 spiro atoms. The van der Waals surface area contributed by atoms with Crippen molar-refractivity contribution in [3.63, 3.8) is 0 Å². The third-order valence-electron chi connectivity index (χ3n) is 2.78. The van der Waals surface area contributed by atoms with Crippen molar-refractivity contribution in [1.29, 1.82) is 0 Å². The molecule has 0 saturated heterocycles. The molecule has 18 heavy (non-hydrogen) atoms. The van der Waals surface area contributed by atoms with Crippen LogP contribution < -0.4 is 10.6 Å². The van der Waals surface area contributed by atoms with Gasteiger partial charge in [0.1, 0.15) is 0 Å². The summed E-state index contributed by atoms with van der Waals surface area (Å²) < 4.78 is 0. The SMILES string of the molecule is O=C(CSc1ccccc1)NCC1=CCNCC1. The maximum absolute atomic E-state index is 11.7. The number of carbonyl (C=O) groups excluding carboxylic acids is 1. The van der Waals surface area contributed by atoms with Crippen LogP contribution in [-0.4, -0.2) is 31.3 Å². The van der Waals surface area contributed by atoms with Gasteiger partial charge in [-0.1, -0.05) is 29.8 Å². The number of rotatable bonds is 5. The van der Waals surface area contributed by atoms with Crippen LogP contribution >= 0.6 is 11.8 Å². The number of amides is 1. The van der Waals surface area contributed by atoms with E-state index >= 15 is 0 Å². The smallest absolute Gasteiger partial charge is 0.230 e. The third kappa shape index (κ3) is 4.55. The molecule has 2 rings (SSSR count). The minimum atomic E-state index is 0.100. The Morgan fingerprint density at radius 3 is 2.89 bits per heavy atom. The van der Waals surface area contributed by atoms with E-state index in [0.29, 0.717) is 12.3 Å². The molecular weight excluding hydrogens is 244 g/mol. The molecule has 2 N–H and O–H groups in total. The van der Waals surface area contributed by atoms with Gasteiger partial charge >= 0.3 is 0 Å². The van der Waals surface area contributed by atoms with Gasteiger partial charge in [-0.25, -0.2) is 0 Å². The van der Waals surface area contributed by atoms with Crippen molar-refractivity contribution in [2.24, 2.45) is 0 Å². The summed E-state index contributed by atoms with van der Waals surface area (Å²) in [5.74, 6) is 0.582. The number of hydrogen-bond donors (Lipinski definition) is 2. The molecule has 1 aliphatic rings. The Morgan fingerprint density at radius 1 is 1.33 bits per heavy atom. The third-order valence-corrected chi connectivity index (χ3v) is 3.80. The summed E-state index contributed by atoms with van der Waals surface area (Å²) in [7, 11) is 0. The Kier molecular flexibility index (Phi) is 5.30. The highest BCUT2D eigenvalue weighted by atomic mass is 32.2. The van der Waals surface area contributed by atoms with E-state index in [1.165, 1.54) is 5.57 Å². The topological polar surface area (TPSA) is 41.1 Å². The molecule has 96 valence electrons. The molecule has 0 aliphatic carbocycles. The fraction of sp³-hybridized carbons (Fsp3) is 0.357. The average molecular weight is 262 g/mol. The molecule has 0 atom stereocenters. The first-order valence-corrected chi connectivity index (χ1v) is 7.16. The van der Waals surface area contributed by atoms with E-state index in [0.717, 1.165) is 24.4 Å². The lowest BCUT2D eigenvalue weighted by Crippen LogP contribution is -2.30. The quantitative estimate of drug-likeness (QED) is 0.628. The fourth-order valence-corrected chi connectivity index (χ4v) is 2.51. The molecule has 0 radical (unpaired) electrons. The van der Waals surface area contributed by atoms with Gasteiger partial charge in [0, 0.05) is 18.0 Å². The maximum atomic E-state index is 11.7. The van der Waals surface area contributed by atoms with Crippen molar-refractivity contribution in [1.82, 2.24) is 10.6 Å². The van der Waals surface area contributed by atoms with E-state index in [4.69, 9.17) is 0 Å². The number of benzene rings is 1. The second kappa shape index (κ2) is 7.24. The molecule has 1 heterocycles. The van der Waals surface area contributed by atoms with Crippen LogP contribution in [0.5, 0.6) is 0 Å². The van der Waals surface area contributed by atoms with Crippen molar-refractivity contribution >= 4 is 17.7 Å². The molecule has 0 unspecified atom stereocenters. The zero-order valence-corrected chi connectivity index (χ0v) is 11.1. The summed E-state index contributed by atoms with van der Waals surface area (Å²) in [5, 5.41) is 6.22. The number of carbonyl (C=O) groups is 1. The van der Waals surface area contributed by atoms with Crippen molar-refractivity contribution in [2.75, 3.05) is 25.4 Å². The zero-order chi connectivity index (χ0) is 12.6. The maximum Gasteiger partial charge on any atom is 0.230 e. The van der Waals surface area contributed by atoms with Gasteiger partial charge < -0.3 is 10.6 Å². The highest BCUT2D eigenvalue weighted by Crippen LogP contribution is 2.16. The Hall–Kier alpha value is -1.26. The Bertz CT molecular complexity index is 417. The molecule has 0 fully saturated rings. The number of thioether (sulfide) groups is 1. The zero-order valence-electron chi connectivity index (χ0n) is 10.3. The van der Waals surface area contributed by atoms with Crippen molar-refractivity contribution in [2.45, 2.75) is 11.3 Å². The molecule has 3 nitrogen and oxygen atoms in total. The van der Waals surface area contributed by atoms with Gasteiger partial charge in [-0.2, -0.15) is 0 Å². The van der Waals surface area contributed by atoms with Gasteiger partial charge in [-0.05, 0) is 25.1 Å². The summed E-state index contributed by atoms with van der Waals surface area (Å²) in [6.07, 6.45) is 3.19. The molecule has 1 aliphatic heterocycles. The minimum Gasteiger partial charge on any atom is -0.352 e. The summed E-state index contributed by atoms with van der Waals surface area (Å²) >= 11 is 1.57. The van der Waals surface area contributed by atoms with Crippen LogP contribution in [0.1, 0.15) is 6.42 Å². The second-order valence-corrected chi connectivity index (χ2v) is 5.24. The highest BCUT2D eigenvalue weighted by Gasteiger charge is 2.06. The van der Waals surface area contributed by atoms with Crippen LogP contribution in [0.15, 0.2) is 46.9 Å². The van der Waals surface area contributed by atoms with Crippen LogP contribution in [-0.2, 0) is 4.79 Å². The van der Waals surface area contributed by atoms with E-state index in [2.05, 4.69) is 16.7 Å². The molecule has 0 aromatic heterocycles. The van der Waals surface area contributed by atoms with Gasteiger partial charge in [0.05, 0.1) is 5.75 Å². The van der Waals surface area contributed by atoms with E-state index < -0.39 is 0 Å². The van der Waals surface area contributed by atoms with Gasteiger partial charge in [0.15, 0.2) is 0 Å². The first-order valence-electron chi connectivity index (χ1n) is 6.18. The Morgan fingerprint density at radius 2 is 2.17 bits per heavy atom. The second-order valence-electron chi connectivity index (χ2n) is 4.19. The van der Waals surface area contributed by atoms with Crippen LogP contribution in [0.3, 0.4) is 0 Å². The Labute approximate surface area is 112 Å². The molecule has 4 heteroatoms. The molecule has 0 saturated carbocycles. The standard InChI is InChI=1S/C14H18N2OS/c17-14(11-18-13-4-2-1-3-5-13)16-10-12-6-8-15-9-7-12/h1-6,15H,7-11H2,(H,16,17).